The number of amides is 2. The summed E-state index contributed by atoms with van der Waals surface area (Å²) < 4.78 is 0.669. The number of carbonyl (C=O) groups is 2. The van der Waals surface area contributed by atoms with Gasteiger partial charge in [0.1, 0.15) is 0 Å². The molecule has 0 heterocycles. The van der Waals surface area contributed by atoms with Crippen molar-refractivity contribution in [1.82, 2.24) is 10.9 Å². The maximum atomic E-state index is 11.9. The molecule has 2 amide bonds. The molecule has 2 aromatic rings. The lowest BCUT2D eigenvalue weighted by molar-refractivity contribution is 0.0846. The Morgan fingerprint density at radius 1 is 0.900 bits per heavy atom. The highest BCUT2D eigenvalue weighted by Crippen LogP contribution is 2.15. The molecule has 0 radical (unpaired) electrons. The van der Waals surface area contributed by atoms with E-state index in [1.165, 1.54) is 0 Å². The van der Waals surface area contributed by atoms with Gasteiger partial charge in [-0.3, -0.25) is 20.4 Å². The molecule has 4 nitrogen and oxygen atoms in total. The van der Waals surface area contributed by atoms with E-state index in [1.807, 2.05) is 25.1 Å². The predicted molar refractivity (Wildman–Crippen MR) is 80.3 cm³/mol. The summed E-state index contributed by atoms with van der Waals surface area (Å²) in [5, 5.41) is 0. The van der Waals surface area contributed by atoms with E-state index in [4.69, 9.17) is 0 Å². The Balaban J connectivity index is 1.99. The lowest BCUT2D eigenvalue weighted by Crippen LogP contribution is -2.41. The van der Waals surface area contributed by atoms with Crippen LogP contribution < -0.4 is 10.9 Å². The van der Waals surface area contributed by atoms with E-state index in [0.717, 1.165) is 5.56 Å². The van der Waals surface area contributed by atoms with Gasteiger partial charge >= 0.3 is 0 Å². The Hall–Kier alpha value is -2.14. The molecule has 0 spiro atoms. The van der Waals surface area contributed by atoms with E-state index in [2.05, 4.69) is 26.8 Å². The van der Waals surface area contributed by atoms with Gasteiger partial charge in [-0.05, 0) is 47.1 Å². The smallest absolute Gasteiger partial charge is 0.267 e. The SMILES string of the molecule is Cc1ccc(C(=O)NNC(=O)c2ccccc2Br)cc1. The largest absolute Gasteiger partial charge is 0.270 e. The molecule has 2 N–H and O–H groups in total. The molecule has 0 aromatic heterocycles. The Morgan fingerprint density at radius 3 is 2.15 bits per heavy atom. The van der Waals surface area contributed by atoms with Crippen LogP contribution in [-0.4, -0.2) is 11.8 Å². The van der Waals surface area contributed by atoms with Crippen LogP contribution in [0.25, 0.3) is 0 Å². The van der Waals surface area contributed by atoms with Crippen LogP contribution in [0.2, 0.25) is 0 Å². The maximum Gasteiger partial charge on any atom is 0.270 e. The first-order chi connectivity index (χ1) is 9.58. The molecule has 2 rings (SSSR count). The van der Waals surface area contributed by atoms with Crippen molar-refractivity contribution in [1.29, 1.82) is 0 Å². The number of nitrogens with one attached hydrogen (secondary N) is 2. The first kappa shape index (κ1) is 14.3. The molecule has 0 aliphatic carbocycles. The molecule has 0 unspecified atom stereocenters. The van der Waals surface area contributed by atoms with Crippen LogP contribution in [0.3, 0.4) is 0 Å². The Morgan fingerprint density at radius 2 is 1.50 bits per heavy atom. The standard InChI is InChI=1S/C15H13BrN2O2/c1-10-6-8-11(9-7-10)14(19)17-18-15(20)12-4-2-3-5-13(12)16/h2-9H,1H3,(H,17,19)(H,18,20). The third-order valence-corrected chi connectivity index (χ3v) is 3.41. The second kappa shape index (κ2) is 6.34. The number of halogens is 1. The summed E-state index contributed by atoms with van der Waals surface area (Å²) in [6.07, 6.45) is 0. The van der Waals surface area contributed by atoms with Gasteiger partial charge in [-0.1, -0.05) is 29.8 Å². The van der Waals surface area contributed by atoms with Crippen LogP contribution in [-0.2, 0) is 0 Å². The molecule has 102 valence electrons. The Labute approximate surface area is 125 Å². The molecule has 0 atom stereocenters. The minimum atomic E-state index is -0.377. The second-order valence-corrected chi connectivity index (χ2v) is 5.11. The predicted octanol–water partition coefficient (Wildman–Crippen LogP) is 2.83. The van der Waals surface area contributed by atoms with Crippen LogP contribution >= 0.6 is 15.9 Å². The van der Waals surface area contributed by atoms with Gasteiger partial charge in [-0.2, -0.15) is 0 Å². The zero-order valence-electron chi connectivity index (χ0n) is 10.8. The molecule has 0 fully saturated rings. The van der Waals surface area contributed by atoms with Gasteiger partial charge < -0.3 is 0 Å². The fraction of sp³-hybridized carbons (Fsp3) is 0.0667. The average molecular weight is 333 g/mol. The van der Waals surface area contributed by atoms with Crippen molar-refractivity contribution < 1.29 is 9.59 Å². The van der Waals surface area contributed by atoms with Crippen molar-refractivity contribution in [2.24, 2.45) is 0 Å². The van der Waals surface area contributed by atoms with E-state index < -0.39 is 0 Å². The molecule has 5 heteroatoms. The first-order valence-corrected chi connectivity index (χ1v) is 6.79. The topological polar surface area (TPSA) is 58.2 Å². The maximum absolute atomic E-state index is 11.9. The van der Waals surface area contributed by atoms with Gasteiger partial charge in [-0.25, -0.2) is 0 Å². The highest BCUT2D eigenvalue weighted by atomic mass is 79.9. The fourth-order valence-electron chi connectivity index (χ4n) is 1.60. The van der Waals surface area contributed by atoms with Gasteiger partial charge in [0, 0.05) is 10.0 Å². The molecular formula is C15H13BrN2O2. The zero-order chi connectivity index (χ0) is 14.5. The third kappa shape index (κ3) is 3.45. The molecule has 0 saturated heterocycles. The quantitative estimate of drug-likeness (QED) is 0.831. The molecule has 0 aliphatic rings. The minimum Gasteiger partial charge on any atom is -0.267 e. The summed E-state index contributed by atoms with van der Waals surface area (Å²) in [5.41, 5.74) is 6.78. The summed E-state index contributed by atoms with van der Waals surface area (Å²) in [4.78, 5) is 23.7. The van der Waals surface area contributed by atoms with Crippen molar-refractivity contribution >= 4 is 27.7 Å². The third-order valence-electron chi connectivity index (χ3n) is 2.72. The minimum absolute atomic E-state index is 0.356. The van der Waals surface area contributed by atoms with Crippen LogP contribution in [0.5, 0.6) is 0 Å². The molecule has 0 aliphatic heterocycles. The lowest BCUT2D eigenvalue weighted by Gasteiger charge is -2.08. The summed E-state index contributed by atoms with van der Waals surface area (Å²) in [6.45, 7) is 1.94. The van der Waals surface area contributed by atoms with Crippen molar-refractivity contribution in [2.75, 3.05) is 0 Å². The summed E-state index contributed by atoms with van der Waals surface area (Å²) >= 11 is 3.28. The van der Waals surface area contributed by atoms with Gasteiger partial charge in [0.25, 0.3) is 11.8 Å². The Kier molecular flexibility index (Phi) is 4.53. The van der Waals surface area contributed by atoms with Crippen LogP contribution in [0.4, 0.5) is 0 Å². The summed E-state index contributed by atoms with van der Waals surface area (Å²) in [7, 11) is 0. The first-order valence-electron chi connectivity index (χ1n) is 6.00. The number of hydrogen-bond donors (Lipinski definition) is 2. The lowest BCUT2D eigenvalue weighted by atomic mass is 10.1. The van der Waals surface area contributed by atoms with Gasteiger partial charge in [0.15, 0.2) is 0 Å². The van der Waals surface area contributed by atoms with Gasteiger partial charge in [0.05, 0.1) is 5.56 Å². The van der Waals surface area contributed by atoms with E-state index in [9.17, 15) is 9.59 Å². The number of benzene rings is 2. The number of hydrazine groups is 1. The Bertz CT molecular complexity index is 639. The molecule has 2 aromatic carbocycles. The highest BCUT2D eigenvalue weighted by Gasteiger charge is 2.11. The van der Waals surface area contributed by atoms with E-state index in [-0.39, 0.29) is 11.8 Å². The highest BCUT2D eigenvalue weighted by molar-refractivity contribution is 9.10. The van der Waals surface area contributed by atoms with Crippen molar-refractivity contribution in [3.63, 3.8) is 0 Å². The van der Waals surface area contributed by atoms with E-state index >= 15 is 0 Å². The van der Waals surface area contributed by atoms with Crippen LogP contribution in [0, 0.1) is 6.92 Å². The van der Waals surface area contributed by atoms with Gasteiger partial charge in [-0.15, -0.1) is 0 Å². The number of hydrogen-bond acceptors (Lipinski definition) is 2. The second-order valence-electron chi connectivity index (χ2n) is 4.25. The average Bonchev–Trinajstić information content (AvgIpc) is 2.45. The van der Waals surface area contributed by atoms with Crippen molar-refractivity contribution in [2.45, 2.75) is 6.92 Å². The normalized spacial score (nSPS) is 9.90. The van der Waals surface area contributed by atoms with Crippen LogP contribution in [0.1, 0.15) is 26.3 Å². The summed E-state index contributed by atoms with van der Waals surface area (Å²) in [6, 6.07) is 14.1. The fourth-order valence-corrected chi connectivity index (χ4v) is 2.07. The van der Waals surface area contributed by atoms with Crippen LogP contribution in [0.15, 0.2) is 53.0 Å². The van der Waals surface area contributed by atoms with Crippen molar-refractivity contribution in [3.05, 3.63) is 69.7 Å². The van der Waals surface area contributed by atoms with E-state index in [1.54, 1.807) is 30.3 Å². The number of aryl methyl sites for hydroxylation is 1. The van der Waals surface area contributed by atoms with Gasteiger partial charge in [0.2, 0.25) is 0 Å². The molecule has 0 saturated carbocycles. The zero-order valence-corrected chi connectivity index (χ0v) is 12.4. The van der Waals surface area contributed by atoms with E-state index in [0.29, 0.717) is 15.6 Å². The van der Waals surface area contributed by atoms with Crippen molar-refractivity contribution in [3.8, 4) is 0 Å². The molecular weight excluding hydrogens is 320 g/mol. The monoisotopic (exact) mass is 332 g/mol. The number of rotatable bonds is 2. The molecule has 0 bridgehead atoms. The summed E-state index contributed by atoms with van der Waals surface area (Å²) in [5.74, 6) is -0.733. The number of carbonyl (C=O) groups excluding carboxylic acids is 2. The molecule has 20 heavy (non-hydrogen) atoms.